The van der Waals surface area contributed by atoms with Crippen molar-refractivity contribution in [3.8, 4) is 5.75 Å². The van der Waals surface area contributed by atoms with Crippen molar-refractivity contribution in [1.82, 2.24) is 5.06 Å². The molecule has 4 rings (SSSR count). The van der Waals surface area contributed by atoms with E-state index in [2.05, 4.69) is 0 Å². The second-order valence-electron chi connectivity index (χ2n) is 6.49. The molecule has 3 aliphatic rings. The van der Waals surface area contributed by atoms with E-state index in [1.165, 1.54) is 0 Å². The summed E-state index contributed by atoms with van der Waals surface area (Å²) in [7, 11) is 0. The van der Waals surface area contributed by atoms with Crippen LogP contribution in [0, 0.1) is 30.8 Å². The molecule has 1 aromatic rings. The number of fused-ring (bicyclic) bond motifs is 5. The van der Waals surface area contributed by atoms with E-state index in [-0.39, 0.29) is 35.0 Å². The second-order valence-corrected chi connectivity index (χ2v) is 8.81. The first-order valence-electron chi connectivity index (χ1n) is 7.67. The molecule has 24 heavy (non-hydrogen) atoms. The number of phenolic OH excluding ortho intramolecular Hbond substituents is 1. The number of imide groups is 1. The Labute approximate surface area is 165 Å². The fraction of sp³-hybridized carbons (Fsp3) is 0.438. The largest absolute Gasteiger partial charge is 0.506 e. The third-order valence-electron chi connectivity index (χ3n) is 5.34. The molecule has 4 atom stereocenters. The zero-order chi connectivity index (χ0) is 17.2. The zero-order valence-electron chi connectivity index (χ0n) is 12.4. The quantitative estimate of drug-likeness (QED) is 0.450. The Bertz CT molecular complexity index is 752. The number of amides is 2. The van der Waals surface area contributed by atoms with Crippen molar-refractivity contribution in [2.75, 3.05) is 0 Å². The van der Waals surface area contributed by atoms with Gasteiger partial charge in [-0.15, -0.1) is 5.06 Å². The maximum absolute atomic E-state index is 12.6. The average molecular weight is 553 g/mol. The van der Waals surface area contributed by atoms with Gasteiger partial charge in [0.2, 0.25) is 0 Å². The van der Waals surface area contributed by atoms with Gasteiger partial charge in [0.05, 0.1) is 15.4 Å². The minimum Gasteiger partial charge on any atom is -0.506 e. The summed E-state index contributed by atoms with van der Waals surface area (Å²) in [6, 6.07) is 3.34. The van der Waals surface area contributed by atoms with Crippen LogP contribution in [-0.4, -0.2) is 28.0 Å². The monoisotopic (exact) mass is 553 g/mol. The van der Waals surface area contributed by atoms with Gasteiger partial charge in [-0.25, -0.2) is 4.79 Å². The van der Waals surface area contributed by atoms with Crippen LogP contribution < -0.4 is 0 Å². The Kier molecular flexibility index (Phi) is 4.01. The lowest BCUT2D eigenvalue weighted by Gasteiger charge is -2.18. The summed E-state index contributed by atoms with van der Waals surface area (Å²) in [6.07, 6.45) is 2.84. The van der Waals surface area contributed by atoms with E-state index in [1.807, 2.05) is 45.2 Å². The molecule has 1 aliphatic heterocycles. The van der Waals surface area contributed by atoms with Gasteiger partial charge in [0.25, 0.3) is 11.8 Å². The van der Waals surface area contributed by atoms with E-state index in [1.54, 1.807) is 12.1 Å². The Morgan fingerprint density at radius 3 is 2.21 bits per heavy atom. The third-order valence-corrected chi connectivity index (χ3v) is 7.11. The minimum absolute atomic E-state index is 0.0249. The summed E-state index contributed by atoms with van der Waals surface area (Å²) >= 11 is 3.81. The van der Waals surface area contributed by atoms with Gasteiger partial charge < -0.3 is 9.94 Å². The van der Waals surface area contributed by atoms with Gasteiger partial charge in [0, 0.05) is 3.57 Å². The van der Waals surface area contributed by atoms with Crippen molar-refractivity contribution in [3.63, 3.8) is 0 Å². The van der Waals surface area contributed by atoms with Gasteiger partial charge in [-0.2, -0.15) is 0 Å². The molecule has 2 amide bonds. The van der Waals surface area contributed by atoms with Crippen molar-refractivity contribution in [3.05, 3.63) is 24.8 Å². The number of carbonyl (C=O) groups is 3. The standard InChI is InChI=1S/C16H13I2NO5/c17-8-3-4-9(18)13(20)12(8)16(23)24-19-14(21)10-6-1-2-7(5-6)11(10)15(19)22/h3-4,6-7,10-11,20H,1-2,5H2. The van der Waals surface area contributed by atoms with Crippen LogP contribution >= 0.6 is 45.2 Å². The topological polar surface area (TPSA) is 83.9 Å². The summed E-state index contributed by atoms with van der Waals surface area (Å²) in [6.45, 7) is 0. The van der Waals surface area contributed by atoms with Gasteiger partial charge >= 0.3 is 5.97 Å². The lowest BCUT2D eigenvalue weighted by molar-refractivity contribution is -0.175. The van der Waals surface area contributed by atoms with Crippen molar-refractivity contribution in [1.29, 1.82) is 0 Å². The second kappa shape index (κ2) is 5.82. The average Bonchev–Trinajstić information content (AvgIpc) is 3.21. The lowest BCUT2D eigenvalue weighted by atomic mass is 9.81. The normalized spacial score (nSPS) is 30.8. The van der Waals surface area contributed by atoms with Gasteiger partial charge in [0.1, 0.15) is 11.3 Å². The number of nitrogens with zero attached hydrogens (tertiary/aromatic N) is 1. The zero-order valence-corrected chi connectivity index (χ0v) is 16.7. The van der Waals surface area contributed by atoms with Crippen LogP contribution in [0.2, 0.25) is 0 Å². The fourth-order valence-electron chi connectivity index (χ4n) is 4.34. The van der Waals surface area contributed by atoms with Crippen molar-refractivity contribution in [2.45, 2.75) is 19.3 Å². The molecule has 6 nitrogen and oxygen atoms in total. The van der Waals surface area contributed by atoms with Gasteiger partial charge in [-0.3, -0.25) is 9.59 Å². The molecule has 2 saturated carbocycles. The first-order valence-corrected chi connectivity index (χ1v) is 9.83. The number of benzene rings is 1. The van der Waals surface area contributed by atoms with Crippen molar-refractivity contribution >= 4 is 63.0 Å². The van der Waals surface area contributed by atoms with Crippen LogP contribution in [0.25, 0.3) is 0 Å². The number of hydroxylamine groups is 2. The molecule has 8 heteroatoms. The molecule has 1 aromatic carbocycles. The molecular weight excluding hydrogens is 540 g/mol. The van der Waals surface area contributed by atoms with Crippen LogP contribution in [0.3, 0.4) is 0 Å². The Morgan fingerprint density at radius 1 is 1.08 bits per heavy atom. The fourth-order valence-corrected chi connectivity index (χ4v) is 5.44. The molecule has 0 radical (unpaired) electrons. The van der Waals surface area contributed by atoms with Crippen LogP contribution in [0.4, 0.5) is 0 Å². The highest BCUT2D eigenvalue weighted by atomic mass is 127. The summed E-state index contributed by atoms with van der Waals surface area (Å²) in [5.41, 5.74) is -0.0249. The predicted octanol–water partition coefficient (Wildman–Crippen LogP) is 2.70. The molecule has 2 bridgehead atoms. The number of hydrogen-bond acceptors (Lipinski definition) is 5. The highest BCUT2D eigenvalue weighted by Crippen LogP contribution is 2.56. The molecule has 1 heterocycles. The molecule has 126 valence electrons. The number of aromatic hydroxyl groups is 1. The Morgan fingerprint density at radius 2 is 1.62 bits per heavy atom. The highest BCUT2D eigenvalue weighted by Gasteiger charge is 2.62. The predicted molar refractivity (Wildman–Crippen MR) is 98.6 cm³/mol. The molecular formula is C16H13I2NO5. The summed E-state index contributed by atoms with van der Waals surface area (Å²) in [5.74, 6) is -2.13. The highest BCUT2D eigenvalue weighted by molar-refractivity contribution is 14.1. The van der Waals surface area contributed by atoms with E-state index in [4.69, 9.17) is 4.84 Å². The van der Waals surface area contributed by atoms with E-state index in [0.717, 1.165) is 19.3 Å². The third kappa shape index (κ3) is 2.28. The molecule has 4 unspecified atom stereocenters. The molecule has 3 fully saturated rings. The molecule has 2 aliphatic carbocycles. The van der Waals surface area contributed by atoms with Crippen LogP contribution in [-0.2, 0) is 14.4 Å². The first kappa shape index (κ1) is 16.6. The lowest BCUT2D eigenvalue weighted by Crippen LogP contribution is -2.35. The first-order chi connectivity index (χ1) is 11.4. The summed E-state index contributed by atoms with van der Waals surface area (Å²) in [5, 5.41) is 10.7. The Hall–Kier alpha value is -0.910. The van der Waals surface area contributed by atoms with E-state index in [9.17, 15) is 19.5 Å². The molecule has 0 spiro atoms. The minimum atomic E-state index is -0.885. The smallest absolute Gasteiger partial charge is 0.368 e. The summed E-state index contributed by atoms with van der Waals surface area (Å²) < 4.78 is 0.990. The van der Waals surface area contributed by atoms with Gasteiger partial charge in [0.15, 0.2) is 0 Å². The van der Waals surface area contributed by atoms with E-state index >= 15 is 0 Å². The number of phenols is 1. The number of hydrogen-bond donors (Lipinski definition) is 1. The number of halogens is 2. The number of carbonyl (C=O) groups excluding carboxylic acids is 3. The summed E-state index contributed by atoms with van der Waals surface area (Å²) in [4.78, 5) is 42.7. The molecule has 1 N–H and O–H groups in total. The van der Waals surface area contributed by atoms with E-state index < -0.39 is 17.8 Å². The maximum Gasteiger partial charge on any atom is 0.368 e. The van der Waals surface area contributed by atoms with Gasteiger partial charge in [-0.1, -0.05) is 0 Å². The van der Waals surface area contributed by atoms with Crippen molar-refractivity contribution in [2.24, 2.45) is 23.7 Å². The van der Waals surface area contributed by atoms with Crippen molar-refractivity contribution < 1.29 is 24.3 Å². The van der Waals surface area contributed by atoms with Crippen LogP contribution in [0.15, 0.2) is 12.1 Å². The molecule has 1 saturated heterocycles. The van der Waals surface area contributed by atoms with Crippen LogP contribution in [0.1, 0.15) is 29.6 Å². The maximum atomic E-state index is 12.6. The van der Waals surface area contributed by atoms with E-state index in [0.29, 0.717) is 12.2 Å². The van der Waals surface area contributed by atoms with Gasteiger partial charge in [-0.05, 0) is 88.4 Å². The number of rotatable bonds is 2. The Balaban J connectivity index is 1.60. The molecule has 0 aromatic heterocycles. The SMILES string of the molecule is O=C(ON1C(=O)C2C3CCC(C3)C2C1=O)c1c(I)ccc(I)c1O. The van der Waals surface area contributed by atoms with Crippen LogP contribution in [0.5, 0.6) is 5.75 Å².